The molecule has 1 saturated heterocycles. The van der Waals surface area contributed by atoms with Crippen LogP contribution in [0.4, 0.5) is 5.13 Å². The molecule has 0 saturated carbocycles. The van der Waals surface area contributed by atoms with Crippen LogP contribution in [0.25, 0.3) is 10.2 Å². The summed E-state index contributed by atoms with van der Waals surface area (Å²) in [4.78, 5) is 19.0. The smallest absolute Gasteiger partial charge is 0.251 e. The average molecular weight is 348 g/mol. The molecule has 1 aromatic heterocycles. The number of benzene rings is 1. The minimum absolute atomic E-state index is 0.0195. The maximum atomic E-state index is 12.0. The number of nitrogens with one attached hydrogen (secondary N) is 2. The number of hydrogen-bond acceptors (Lipinski definition) is 6. The SMILES string of the molecule is CCCNC(=O)c1ccc2nc(NCCN3CCOCC3)sc2c1. The minimum atomic E-state index is -0.0195. The van der Waals surface area contributed by atoms with Crippen molar-refractivity contribution in [2.75, 3.05) is 51.3 Å². The number of nitrogens with zero attached hydrogens (tertiary/aromatic N) is 2. The predicted molar refractivity (Wildman–Crippen MR) is 98.0 cm³/mol. The summed E-state index contributed by atoms with van der Waals surface area (Å²) >= 11 is 1.59. The molecule has 2 N–H and O–H groups in total. The molecule has 24 heavy (non-hydrogen) atoms. The van der Waals surface area contributed by atoms with Crippen LogP contribution in [-0.2, 0) is 4.74 Å². The lowest BCUT2D eigenvalue weighted by molar-refractivity contribution is 0.0398. The second kappa shape index (κ2) is 8.41. The van der Waals surface area contributed by atoms with E-state index in [0.29, 0.717) is 12.1 Å². The molecule has 3 rings (SSSR count). The third-order valence-corrected chi connectivity index (χ3v) is 4.97. The molecule has 2 heterocycles. The van der Waals surface area contributed by atoms with Gasteiger partial charge < -0.3 is 15.4 Å². The number of hydrogen-bond donors (Lipinski definition) is 2. The molecule has 7 heteroatoms. The molecule has 1 aromatic carbocycles. The van der Waals surface area contributed by atoms with Gasteiger partial charge in [-0.25, -0.2) is 4.98 Å². The van der Waals surface area contributed by atoms with Crippen LogP contribution in [0.15, 0.2) is 18.2 Å². The van der Waals surface area contributed by atoms with Gasteiger partial charge in [-0.15, -0.1) is 0 Å². The van der Waals surface area contributed by atoms with Gasteiger partial charge in [0.05, 0.1) is 23.4 Å². The Bertz CT molecular complexity index is 682. The van der Waals surface area contributed by atoms with Crippen LogP contribution in [0, 0.1) is 0 Å². The van der Waals surface area contributed by atoms with Crippen LogP contribution in [0.3, 0.4) is 0 Å². The van der Waals surface area contributed by atoms with E-state index in [4.69, 9.17) is 4.74 Å². The van der Waals surface area contributed by atoms with Crippen molar-refractivity contribution in [1.29, 1.82) is 0 Å². The van der Waals surface area contributed by atoms with E-state index in [9.17, 15) is 4.79 Å². The molecule has 2 aromatic rings. The first kappa shape index (κ1) is 17.1. The maximum absolute atomic E-state index is 12.0. The van der Waals surface area contributed by atoms with Crippen LogP contribution in [-0.4, -0.2) is 61.7 Å². The van der Waals surface area contributed by atoms with E-state index in [2.05, 4.69) is 20.5 Å². The number of morpholine rings is 1. The van der Waals surface area contributed by atoms with Crippen molar-refractivity contribution in [3.8, 4) is 0 Å². The first-order chi connectivity index (χ1) is 11.8. The Kier molecular flexibility index (Phi) is 6.01. The number of aromatic nitrogens is 1. The van der Waals surface area contributed by atoms with Crippen molar-refractivity contribution in [1.82, 2.24) is 15.2 Å². The number of rotatable bonds is 7. The lowest BCUT2D eigenvalue weighted by atomic mass is 10.2. The van der Waals surface area contributed by atoms with Crippen molar-refractivity contribution < 1.29 is 9.53 Å². The molecule has 1 fully saturated rings. The number of thiazole rings is 1. The normalized spacial score (nSPS) is 15.5. The average Bonchev–Trinajstić information content (AvgIpc) is 3.02. The van der Waals surface area contributed by atoms with Crippen molar-refractivity contribution in [3.05, 3.63) is 23.8 Å². The molecule has 1 aliphatic heterocycles. The molecule has 0 spiro atoms. The Hall–Kier alpha value is -1.70. The van der Waals surface area contributed by atoms with E-state index in [1.54, 1.807) is 11.3 Å². The van der Waals surface area contributed by atoms with Gasteiger partial charge in [0.1, 0.15) is 0 Å². The molecule has 1 aliphatic rings. The summed E-state index contributed by atoms with van der Waals surface area (Å²) in [6.45, 7) is 8.24. The number of carbonyl (C=O) groups is 1. The summed E-state index contributed by atoms with van der Waals surface area (Å²) < 4.78 is 6.39. The van der Waals surface area contributed by atoms with Crippen molar-refractivity contribution in [2.45, 2.75) is 13.3 Å². The zero-order valence-electron chi connectivity index (χ0n) is 14.0. The fourth-order valence-electron chi connectivity index (χ4n) is 2.63. The van der Waals surface area contributed by atoms with E-state index in [1.807, 2.05) is 25.1 Å². The van der Waals surface area contributed by atoms with Crippen molar-refractivity contribution in [3.63, 3.8) is 0 Å². The zero-order chi connectivity index (χ0) is 16.8. The van der Waals surface area contributed by atoms with Gasteiger partial charge in [0, 0.05) is 38.3 Å². The zero-order valence-corrected chi connectivity index (χ0v) is 14.8. The first-order valence-electron chi connectivity index (χ1n) is 8.49. The van der Waals surface area contributed by atoms with Gasteiger partial charge in [0.25, 0.3) is 5.91 Å². The largest absolute Gasteiger partial charge is 0.379 e. The highest BCUT2D eigenvalue weighted by atomic mass is 32.1. The molecule has 0 unspecified atom stereocenters. The third-order valence-electron chi connectivity index (χ3n) is 3.99. The third kappa shape index (κ3) is 4.43. The Balaban J connectivity index is 1.57. The van der Waals surface area contributed by atoms with Gasteiger partial charge in [-0.2, -0.15) is 0 Å². The predicted octanol–water partition coefficient (Wildman–Crippen LogP) is 2.18. The molecule has 0 atom stereocenters. The number of amides is 1. The molecular formula is C17H24N4O2S. The van der Waals surface area contributed by atoms with E-state index in [1.165, 1.54) is 0 Å². The summed E-state index contributed by atoms with van der Waals surface area (Å²) in [5.74, 6) is -0.0195. The Morgan fingerprint density at radius 1 is 1.33 bits per heavy atom. The lowest BCUT2D eigenvalue weighted by Crippen LogP contribution is -2.38. The topological polar surface area (TPSA) is 66.5 Å². The van der Waals surface area contributed by atoms with Gasteiger partial charge >= 0.3 is 0 Å². The van der Waals surface area contributed by atoms with Crippen molar-refractivity contribution >= 4 is 32.6 Å². The molecule has 1 amide bonds. The number of carbonyl (C=O) groups excluding carboxylic acids is 1. The quantitative estimate of drug-likeness (QED) is 0.803. The van der Waals surface area contributed by atoms with Crippen LogP contribution in [0.1, 0.15) is 23.7 Å². The highest BCUT2D eigenvalue weighted by Gasteiger charge is 2.11. The lowest BCUT2D eigenvalue weighted by Gasteiger charge is -2.26. The highest BCUT2D eigenvalue weighted by molar-refractivity contribution is 7.22. The van der Waals surface area contributed by atoms with Gasteiger partial charge in [-0.1, -0.05) is 18.3 Å². The Morgan fingerprint density at radius 2 is 2.17 bits per heavy atom. The van der Waals surface area contributed by atoms with E-state index in [0.717, 1.165) is 61.2 Å². The van der Waals surface area contributed by atoms with Crippen LogP contribution >= 0.6 is 11.3 Å². The monoisotopic (exact) mass is 348 g/mol. The van der Waals surface area contributed by atoms with E-state index in [-0.39, 0.29) is 5.91 Å². The highest BCUT2D eigenvalue weighted by Crippen LogP contribution is 2.26. The number of anilines is 1. The van der Waals surface area contributed by atoms with Crippen LogP contribution in [0.2, 0.25) is 0 Å². The summed E-state index contributed by atoms with van der Waals surface area (Å²) in [6, 6.07) is 5.68. The molecule has 130 valence electrons. The fraction of sp³-hybridized carbons (Fsp3) is 0.529. The van der Waals surface area contributed by atoms with Gasteiger partial charge in [0.15, 0.2) is 5.13 Å². The van der Waals surface area contributed by atoms with Gasteiger partial charge in [-0.05, 0) is 24.6 Å². The maximum Gasteiger partial charge on any atom is 0.251 e. The summed E-state index contributed by atoms with van der Waals surface area (Å²) in [5.41, 5.74) is 1.63. The van der Waals surface area contributed by atoms with Gasteiger partial charge in [-0.3, -0.25) is 9.69 Å². The standard InChI is InChI=1S/C17H24N4O2S/c1-2-5-18-16(22)13-3-4-14-15(12-13)24-17(20-14)19-6-7-21-8-10-23-11-9-21/h3-4,12H,2,5-11H2,1H3,(H,18,22)(H,19,20). The second-order valence-corrected chi connectivity index (χ2v) is 6.87. The number of ether oxygens (including phenoxy) is 1. The minimum Gasteiger partial charge on any atom is -0.379 e. The molecule has 0 aliphatic carbocycles. The molecule has 6 nitrogen and oxygen atoms in total. The molecular weight excluding hydrogens is 324 g/mol. The fourth-order valence-corrected chi connectivity index (χ4v) is 3.56. The van der Waals surface area contributed by atoms with Crippen molar-refractivity contribution in [2.24, 2.45) is 0 Å². The summed E-state index contributed by atoms with van der Waals surface area (Å²) in [7, 11) is 0. The second-order valence-electron chi connectivity index (χ2n) is 5.84. The van der Waals surface area contributed by atoms with E-state index >= 15 is 0 Å². The Morgan fingerprint density at radius 3 is 2.96 bits per heavy atom. The van der Waals surface area contributed by atoms with E-state index < -0.39 is 0 Å². The number of fused-ring (bicyclic) bond motifs is 1. The summed E-state index contributed by atoms with van der Waals surface area (Å²) in [6.07, 6.45) is 0.936. The van der Waals surface area contributed by atoms with Crippen LogP contribution in [0.5, 0.6) is 0 Å². The molecule has 0 bridgehead atoms. The first-order valence-corrected chi connectivity index (χ1v) is 9.30. The van der Waals surface area contributed by atoms with Gasteiger partial charge in [0.2, 0.25) is 0 Å². The Labute approximate surface area is 146 Å². The van der Waals surface area contributed by atoms with Crippen LogP contribution < -0.4 is 10.6 Å². The summed E-state index contributed by atoms with van der Waals surface area (Å²) in [5, 5.41) is 7.20. The molecule has 0 radical (unpaired) electrons.